The van der Waals surface area contributed by atoms with Crippen molar-refractivity contribution in [1.29, 1.82) is 0 Å². The molecule has 0 radical (unpaired) electrons. The highest BCUT2D eigenvalue weighted by Gasteiger charge is 2.19. The second kappa shape index (κ2) is 8.99. The summed E-state index contributed by atoms with van der Waals surface area (Å²) < 4.78 is 1.63. The molecular formula is C24H23N5O3. The van der Waals surface area contributed by atoms with E-state index in [0.717, 1.165) is 11.1 Å². The number of aromatic nitrogens is 3. The molecule has 0 fully saturated rings. The van der Waals surface area contributed by atoms with Crippen LogP contribution in [0.2, 0.25) is 0 Å². The van der Waals surface area contributed by atoms with Crippen molar-refractivity contribution in [3.63, 3.8) is 0 Å². The minimum absolute atomic E-state index is 0.0849. The molecule has 0 bridgehead atoms. The van der Waals surface area contributed by atoms with Crippen LogP contribution in [0.3, 0.4) is 0 Å². The summed E-state index contributed by atoms with van der Waals surface area (Å²) in [6.45, 7) is 3.85. The van der Waals surface area contributed by atoms with Gasteiger partial charge in [0.05, 0.1) is 6.61 Å². The van der Waals surface area contributed by atoms with E-state index in [1.807, 2.05) is 38.1 Å². The van der Waals surface area contributed by atoms with Gasteiger partial charge < -0.3 is 15.7 Å². The smallest absolute Gasteiger partial charge is 0.251 e. The number of hydrogen-bond donors (Lipinski definition) is 3. The Kier molecular flexibility index (Phi) is 5.96. The van der Waals surface area contributed by atoms with Crippen LogP contribution >= 0.6 is 0 Å². The molecular weight excluding hydrogens is 406 g/mol. The zero-order chi connectivity index (χ0) is 22.7. The molecule has 0 saturated heterocycles. The lowest BCUT2D eigenvalue weighted by Crippen LogP contribution is -2.26. The Balaban J connectivity index is 1.71. The SMILES string of the molecule is Cc1ccc(C(=O)NCCO)cc1Nc1ncnn2cc(C(=O)c3ccccc3)c(C)c12. The van der Waals surface area contributed by atoms with E-state index < -0.39 is 0 Å². The Morgan fingerprint density at radius 2 is 1.84 bits per heavy atom. The lowest BCUT2D eigenvalue weighted by molar-refractivity contribution is 0.0944. The van der Waals surface area contributed by atoms with Crippen LogP contribution in [0, 0.1) is 13.8 Å². The molecule has 0 spiro atoms. The highest BCUT2D eigenvalue weighted by molar-refractivity contribution is 6.11. The van der Waals surface area contributed by atoms with Crippen molar-refractivity contribution in [2.45, 2.75) is 13.8 Å². The van der Waals surface area contributed by atoms with Crippen molar-refractivity contribution >= 4 is 28.7 Å². The number of anilines is 2. The number of hydrogen-bond acceptors (Lipinski definition) is 6. The van der Waals surface area contributed by atoms with E-state index in [1.165, 1.54) is 6.33 Å². The summed E-state index contributed by atoms with van der Waals surface area (Å²) in [5.41, 5.74) is 4.69. The van der Waals surface area contributed by atoms with Gasteiger partial charge in [-0.05, 0) is 37.1 Å². The van der Waals surface area contributed by atoms with Crippen molar-refractivity contribution in [3.05, 3.63) is 88.9 Å². The van der Waals surface area contributed by atoms with E-state index in [4.69, 9.17) is 5.11 Å². The van der Waals surface area contributed by atoms with E-state index >= 15 is 0 Å². The first-order valence-electron chi connectivity index (χ1n) is 10.2. The fraction of sp³-hybridized carbons (Fsp3) is 0.167. The number of aryl methyl sites for hydroxylation is 2. The zero-order valence-corrected chi connectivity index (χ0v) is 17.8. The highest BCUT2D eigenvalue weighted by Crippen LogP contribution is 2.28. The first-order valence-corrected chi connectivity index (χ1v) is 10.2. The summed E-state index contributed by atoms with van der Waals surface area (Å²) in [4.78, 5) is 29.7. The summed E-state index contributed by atoms with van der Waals surface area (Å²) in [7, 11) is 0. The Morgan fingerprint density at radius 3 is 2.59 bits per heavy atom. The van der Waals surface area contributed by atoms with Crippen LogP contribution in [0.25, 0.3) is 5.52 Å². The number of nitrogens with one attached hydrogen (secondary N) is 2. The van der Waals surface area contributed by atoms with E-state index in [0.29, 0.717) is 33.7 Å². The van der Waals surface area contributed by atoms with Crippen LogP contribution in [-0.2, 0) is 0 Å². The Bertz CT molecular complexity index is 1300. The fourth-order valence-corrected chi connectivity index (χ4v) is 3.52. The zero-order valence-electron chi connectivity index (χ0n) is 17.8. The molecule has 3 N–H and O–H groups in total. The topological polar surface area (TPSA) is 109 Å². The van der Waals surface area contributed by atoms with Crippen LogP contribution in [0.15, 0.2) is 61.1 Å². The maximum absolute atomic E-state index is 13.0. The van der Waals surface area contributed by atoms with Crippen LogP contribution in [0.1, 0.15) is 37.4 Å². The largest absolute Gasteiger partial charge is 0.395 e. The van der Waals surface area contributed by atoms with E-state index in [9.17, 15) is 9.59 Å². The van der Waals surface area contributed by atoms with Gasteiger partial charge in [0.15, 0.2) is 11.6 Å². The Labute approximate surface area is 184 Å². The molecule has 162 valence electrons. The molecule has 0 aliphatic carbocycles. The average molecular weight is 429 g/mol. The van der Waals surface area contributed by atoms with Crippen LogP contribution in [-0.4, -0.2) is 44.5 Å². The number of rotatable bonds is 7. The number of carbonyl (C=O) groups is 2. The number of aliphatic hydroxyl groups excluding tert-OH is 1. The molecule has 8 nitrogen and oxygen atoms in total. The van der Waals surface area contributed by atoms with Gasteiger partial charge in [0, 0.05) is 35.1 Å². The van der Waals surface area contributed by atoms with E-state index in [2.05, 4.69) is 20.7 Å². The maximum Gasteiger partial charge on any atom is 0.251 e. The van der Waals surface area contributed by atoms with Gasteiger partial charge in [0.2, 0.25) is 0 Å². The first-order chi connectivity index (χ1) is 15.5. The standard InChI is InChI=1S/C24H23N5O3/c1-15-8-9-18(24(32)25-10-11-30)12-20(15)28-23-21-16(2)19(13-29(21)27-14-26-23)22(31)17-6-4-3-5-7-17/h3-9,12-14,30H,10-11H2,1-2H3,(H,25,32)(H,26,27,28). The molecule has 8 heteroatoms. The Hall–Kier alpha value is -4.04. The summed E-state index contributed by atoms with van der Waals surface area (Å²) >= 11 is 0. The molecule has 32 heavy (non-hydrogen) atoms. The monoisotopic (exact) mass is 429 g/mol. The molecule has 4 aromatic rings. The lowest BCUT2D eigenvalue weighted by Gasteiger charge is -2.12. The average Bonchev–Trinajstić information content (AvgIpc) is 3.16. The Morgan fingerprint density at radius 1 is 1.06 bits per heavy atom. The van der Waals surface area contributed by atoms with Gasteiger partial charge in [0.1, 0.15) is 11.8 Å². The molecule has 0 aliphatic rings. The molecule has 2 heterocycles. The lowest BCUT2D eigenvalue weighted by atomic mass is 10.0. The third kappa shape index (κ3) is 4.08. The molecule has 0 atom stereocenters. The third-order valence-electron chi connectivity index (χ3n) is 5.26. The van der Waals surface area contributed by atoms with E-state index in [-0.39, 0.29) is 24.8 Å². The van der Waals surface area contributed by atoms with Crippen molar-refractivity contribution in [2.24, 2.45) is 0 Å². The number of ketones is 1. The van der Waals surface area contributed by atoms with Gasteiger partial charge >= 0.3 is 0 Å². The first kappa shape index (κ1) is 21.2. The van der Waals surface area contributed by atoms with Gasteiger partial charge in [0.25, 0.3) is 5.91 Å². The molecule has 2 aromatic heterocycles. The number of carbonyl (C=O) groups excluding carboxylic acids is 2. The highest BCUT2D eigenvalue weighted by atomic mass is 16.3. The predicted octanol–water partition coefficient (Wildman–Crippen LogP) is 3.04. The number of fused-ring (bicyclic) bond motifs is 1. The quantitative estimate of drug-likeness (QED) is 0.390. The van der Waals surface area contributed by atoms with Gasteiger partial charge in [-0.3, -0.25) is 9.59 Å². The molecule has 4 rings (SSSR count). The second-order valence-corrected chi connectivity index (χ2v) is 7.40. The van der Waals surface area contributed by atoms with Crippen molar-refractivity contribution in [3.8, 4) is 0 Å². The molecule has 0 aliphatic heterocycles. The predicted molar refractivity (Wildman–Crippen MR) is 121 cm³/mol. The molecule has 0 saturated carbocycles. The molecule has 0 unspecified atom stereocenters. The van der Waals surface area contributed by atoms with Crippen molar-refractivity contribution in [1.82, 2.24) is 19.9 Å². The number of nitrogens with zero attached hydrogens (tertiary/aromatic N) is 3. The number of benzene rings is 2. The normalized spacial score (nSPS) is 10.8. The minimum Gasteiger partial charge on any atom is -0.395 e. The maximum atomic E-state index is 13.0. The molecule has 2 aromatic carbocycles. The van der Waals surface area contributed by atoms with Gasteiger partial charge in [-0.1, -0.05) is 36.4 Å². The summed E-state index contributed by atoms with van der Waals surface area (Å²) in [5, 5.41) is 19.1. The van der Waals surface area contributed by atoms with Crippen LogP contribution < -0.4 is 10.6 Å². The number of amides is 1. The van der Waals surface area contributed by atoms with Gasteiger partial charge in [-0.25, -0.2) is 9.50 Å². The fourth-order valence-electron chi connectivity index (χ4n) is 3.52. The summed E-state index contributed by atoms with van der Waals surface area (Å²) in [5.74, 6) is 0.170. The molecule has 1 amide bonds. The van der Waals surface area contributed by atoms with E-state index in [1.54, 1.807) is 35.0 Å². The van der Waals surface area contributed by atoms with Crippen LogP contribution in [0.4, 0.5) is 11.5 Å². The van der Waals surface area contributed by atoms with Crippen LogP contribution in [0.5, 0.6) is 0 Å². The van der Waals surface area contributed by atoms with Crippen molar-refractivity contribution < 1.29 is 14.7 Å². The number of aliphatic hydroxyl groups is 1. The van der Waals surface area contributed by atoms with Crippen molar-refractivity contribution in [2.75, 3.05) is 18.5 Å². The minimum atomic E-state index is -0.274. The van der Waals surface area contributed by atoms with Gasteiger partial charge in [-0.15, -0.1) is 0 Å². The summed E-state index contributed by atoms with van der Waals surface area (Å²) in [6, 6.07) is 14.4. The third-order valence-corrected chi connectivity index (χ3v) is 5.26. The second-order valence-electron chi connectivity index (χ2n) is 7.40. The summed E-state index contributed by atoms with van der Waals surface area (Å²) in [6.07, 6.45) is 3.12. The van der Waals surface area contributed by atoms with Gasteiger partial charge in [-0.2, -0.15) is 5.10 Å².